The van der Waals surface area contributed by atoms with Crippen molar-refractivity contribution in [1.29, 1.82) is 0 Å². The Morgan fingerprint density at radius 3 is 2.73 bits per heavy atom. The Morgan fingerprint density at radius 1 is 1.41 bits per heavy atom. The summed E-state index contributed by atoms with van der Waals surface area (Å²) in [7, 11) is 0. The van der Waals surface area contributed by atoms with Gasteiger partial charge in [0.2, 0.25) is 5.91 Å². The molecule has 0 aromatic heterocycles. The van der Waals surface area contributed by atoms with Crippen LogP contribution in [0.2, 0.25) is 0 Å². The molecular formula is C13H16ClN3O5. The Labute approximate surface area is 132 Å². The molecule has 1 aromatic carbocycles. The van der Waals surface area contributed by atoms with E-state index >= 15 is 0 Å². The molecule has 1 unspecified atom stereocenters. The topological polar surface area (TPSA) is 113 Å². The van der Waals surface area contributed by atoms with E-state index in [0.29, 0.717) is 13.0 Å². The van der Waals surface area contributed by atoms with Crippen LogP contribution in [0.25, 0.3) is 0 Å². The smallest absolute Gasteiger partial charge is 0.320 e. The van der Waals surface area contributed by atoms with Gasteiger partial charge >= 0.3 is 5.97 Å². The minimum absolute atomic E-state index is 0. The number of rotatable bonds is 5. The standard InChI is InChI=1S/C13H15N3O5.ClH/c17-12(8-15-7-3-6-11(15)13(18)19)14-9-4-1-2-5-10(9)16(20)21;/h1-2,4-5,11H,3,6-8H2,(H,14,17)(H,18,19);1H. The summed E-state index contributed by atoms with van der Waals surface area (Å²) < 4.78 is 0. The minimum atomic E-state index is -0.953. The van der Waals surface area contributed by atoms with Crippen LogP contribution in [0.4, 0.5) is 11.4 Å². The van der Waals surface area contributed by atoms with E-state index in [1.54, 1.807) is 11.0 Å². The van der Waals surface area contributed by atoms with Gasteiger partial charge in [0, 0.05) is 6.07 Å². The number of nitrogens with zero attached hydrogens (tertiary/aromatic N) is 2. The third kappa shape index (κ3) is 4.15. The van der Waals surface area contributed by atoms with Crippen molar-refractivity contribution in [3.05, 3.63) is 34.4 Å². The predicted octanol–water partition coefficient (Wildman–Crippen LogP) is 1.50. The number of nitro benzene ring substituents is 1. The zero-order valence-electron chi connectivity index (χ0n) is 11.6. The SMILES string of the molecule is Cl.O=C(CN1CCCC1C(=O)O)Nc1ccccc1[N+](=O)[O-]. The Balaban J connectivity index is 0.00000242. The molecule has 1 heterocycles. The van der Waals surface area contributed by atoms with E-state index in [2.05, 4.69) is 5.32 Å². The number of hydrogen-bond donors (Lipinski definition) is 2. The fraction of sp³-hybridized carbons (Fsp3) is 0.385. The minimum Gasteiger partial charge on any atom is -0.480 e. The van der Waals surface area contributed by atoms with Gasteiger partial charge in [0.15, 0.2) is 0 Å². The molecule has 0 saturated carbocycles. The van der Waals surface area contributed by atoms with Crippen molar-refractivity contribution in [3.63, 3.8) is 0 Å². The lowest BCUT2D eigenvalue weighted by Gasteiger charge is -2.20. The van der Waals surface area contributed by atoms with E-state index in [1.807, 2.05) is 0 Å². The molecule has 0 spiro atoms. The number of carbonyl (C=O) groups is 2. The predicted molar refractivity (Wildman–Crippen MR) is 81.2 cm³/mol. The van der Waals surface area contributed by atoms with Gasteiger partial charge in [0.1, 0.15) is 11.7 Å². The molecule has 1 aliphatic rings. The summed E-state index contributed by atoms with van der Waals surface area (Å²) in [6.45, 7) is 0.435. The molecule has 1 fully saturated rings. The van der Waals surface area contributed by atoms with Crippen LogP contribution in [0.1, 0.15) is 12.8 Å². The second-order valence-corrected chi connectivity index (χ2v) is 4.79. The molecule has 8 nitrogen and oxygen atoms in total. The number of carboxylic acids is 1. The number of hydrogen-bond acceptors (Lipinski definition) is 5. The van der Waals surface area contributed by atoms with Crippen LogP contribution in [-0.2, 0) is 9.59 Å². The Hall–Kier alpha value is -2.19. The molecule has 9 heteroatoms. The van der Waals surface area contributed by atoms with E-state index in [4.69, 9.17) is 5.11 Å². The largest absolute Gasteiger partial charge is 0.480 e. The number of likely N-dealkylation sites (tertiary alicyclic amines) is 1. The van der Waals surface area contributed by atoms with Gasteiger partial charge in [-0.05, 0) is 25.5 Å². The van der Waals surface area contributed by atoms with Gasteiger partial charge in [-0.3, -0.25) is 24.6 Å². The van der Waals surface area contributed by atoms with Crippen LogP contribution in [0, 0.1) is 10.1 Å². The van der Waals surface area contributed by atoms with E-state index in [-0.39, 0.29) is 30.3 Å². The molecule has 1 amide bonds. The van der Waals surface area contributed by atoms with E-state index in [0.717, 1.165) is 6.42 Å². The summed E-state index contributed by atoms with van der Waals surface area (Å²) in [6.07, 6.45) is 1.23. The first kappa shape index (κ1) is 17.9. The maximum Gasteiger partial charge on any atom is 0.320 e. The number of nitrogens with one attached hydrogen (secondary N) is 1. The van der Waals surface area contributed by atoms with Gasteiger partial charge in [0.05, 0.1) is 11.5 Å². The van der Waals surface area contributed by atoms with Gasteiger partial charge < -0.3 is 10.4 Å². The first-order chi connectivity index (χ1) is 9.99. The van der Waals surface area contributed by atoms with Crippen LogP contribution in [0.15, 0.2) is 24.3 Å². The van der Waals surface area contributed by atoms with Gasteiger partial charge in [0.25, 0.3) is 5.69 Å². The van der Waals surface area contributed by atoms with Crippen molar-refractivity contribution in [2.75, 3.05) is 18.4 Å². The zero-order valence-corrected chi connectivity index (χ0v) is 12.4. The van der Waals surface area contributed by atoms with Crippen LogP contribution in [0.3, 0.4) is 0 Å². The summed E-state index contributed by atoms with van der Waals surface area (Å²) >= 11 is 0. The van der Waals surface area contributed by atoms with Crippen LogP contribution >= 0.6 is 12.4 Å². The monoisotopic (exact) mass is 329 g/mol. The number of nitro groups is 1. The fourth-order valence-electron chi connectivity index (χ4n) is 2.41. The van der Waals surface area contributed by atoms with Crippen molar-refractivity contribution in [1.82, 2.24) is 4.90 Å². The third-order valence-corrected chi connectivity index (χ3v) is 3.37. The quantitative estimate of drug-likeness (QED) is 0.625. The van der Waals surface area contributed by atoms with Crippen molar-refractivity contribution < 1.29 is 19.6 Å². The maximum atomic E-state index is 11.9. The number of para-hydroxylation sites is 2. The van der Waals surface area contributed by atoms with Gasteiger partial charge in [-0.1, -0.05) is 12.1 Å². The number of carboxylic acid groups (broad SMARTS) is 1. The zero-order chi connectivity index (χ0) is 15.4. The number of carbonyl (C=O) groups excluding carboxylic acids is 1. The molecule has 22 heavy (non-hydrogen) atoms. The second-order valence-electron chi connectivity index (χ2n) is 4.79. The molecule has 1 saturated heterocycles. The lowest BCUT2D eigenvalue weighted by molar-refractivity contribution is -0.383. The highest BCUT2D eigenvalue weighted by Crippen LogP contribution is 2.23. The molecular weight excluding hydrogens is 314 g/mol. The summed E-state index contributed by atoms with van der Waals surface area (Å²) in [4.78, 5) is 34.8. The van der Waals surface area contributed by atoms with Crippen LogP contribution < -0.4 is 5.32 Å². The number of aliphatic carboxylic acids is 1. The highest BCUT2D eigenvalue weighted by molar-refractivity contribution is 5.94. The molecule has 120 valence electrons. The fourth-order valence-corrected chi connectivity index (χ4v) is 2.41. The maximum absolute atomic E-state index is 11.9. The Morgan fingerprint density at radius 2 is 2.09 bits per heavy atom. The first-order valence-corrected chi connectivity index (χ1v) is 6.49. The highest BCUT2D eigenvalue weighted by atomic mass is 35.5. The van der Waals surface area contributed by atoms with Crippen molar-refractivity contribution in [2.45, 2.75) is 18.9 Å². The molecule has 1 aromatic rings. The van der Waals surface area contributed by atoms with Crippen LogP contribution in [-0.4, -0.2) is 45.9 Å². The molecule has 2 N–H and O–H groups in total. The molecule has 0 aliphatic carbocycles. The lowest BCUT2D eigenvalue weighted by Crippen LogP contribution is -2.40. The number of anilines is 1. The van der Waals surface area contributed by atoms with E-state index in [9.17, 15) is 19.7 Å². The highest BCUT2D eigenvalue weighted by Gasteiger charge is 2.31. The number of benzene rings is 1. The third-order valence-electron chi connectivity index (χ3n) is 3.37. The molecule has 1 aliphatic heterocycles. The molecule has 2 rings (SSSR count). The summed E-state index contributed by atoms with van der Waals surface area (Å²) in [6, 6.07) is 5.16. The van der Waals surface area contributed by atoms with E-state index in [1.165, 1.54) is 18.2 Å². The Kier molecular flexibility index (Phi) is 6.26. The van der Waals surface area contributed by atoms with E-state index < -0.39 is 22.8 Å². The van der Waals surface area contributed by atoms with Crippen molar-refractivity contribution in [2.24, 2.45) is 0 Å². The normalized spacial score (nSPS) is 17.5. The van der Waals surface area contributed by atoms with Gasteiger partial charge in [-0.15, -0.1) is 12.4 Å². The first-order valence-electron chi connectivity index (χ1n) is 6.49. The average molecular weight is 330 g/mol. The van der Waals surface area contributed by atoms with Crippen LogP contribution in [0.5, 0.6) is 0 Å². The number of amides is 1. The van der Waals surface area contributed by atoms with Crippen molar-refractivity contribution >= 4 is 35.7 Å². The second kappa shape index (κ2) is 7.71. The summed E-state index contributed by atoms with van der Waals surface area (Å²) in [5.41, 5.74) is -0.0828. The number of halogens is 1. The lowest BCUT2D eigenvalue weighted by atomic mass is 10.2. The molecule has 1 atom stereocenters. The van der Waals surface area contributed by atoms with Gasteiger partial charge in [-0.2, -0.15) is 0 Å². The van der Waals surface area contributed by atoms with Crippen molar-refractivity contribution in [3.8, 4) is 0 Å². The van der Waals surface area contributed by atoms with Gasteiger partial charge in [-0.25, -0.2) is 0 Å². The molecule has 0 radical (unpaired) electrons. The molecule has 0 bridgehead atoms. The average Bonchev–Trinajstić information content (AvgIpc) is 2.87. The summed E-state index contributed by atoms with van der Waals surface area (Å²) in [5.74, 6) is -1.41. The Bertz CT molecular complexity index is 581. The summed E-state index contributed by atoms with van der Waals surface area (Å²) in [5, 5.41) is 22.4.